The number of hydrogen-bond acceptors (Lipinski definition) is 14. The van der Waals surface area contributed by atoms with E-state index in [1.54, 1.807) is 97.0 Å². The highest BCUT2D eigenvalue weighted by atomic mass is 16.6. The Labute approximate surface area is 329 Å². The van der Waals surface area contributed by atoms with Crippen LogP contribution in [0.2, 0.25) is 0 Å². The first-order valence-corrected chi connectivity index (χ1v) is 18.3. The number of esters is 2. The molecule has 0 unspecified atom stereocenters. The predicted molar refractivity (Wildman–Crippen MR) is 206 cm³/mol. The van der Waals surface area contributed by atoms with E-state index in [1.165, 1.54) is 11.8 Å². The van der Waals surface area contributed by atoms with Crippen LogP contribution in [0, 0.1) is 0 Å². The molecule has 310 valence electrons. The first-order chi connectivity index (χ1) is 26.4. The third-order valence-electron chi connectivity index (χ3n) is 6.80. The van der Waals surface area contributed by atoms with Crippen molar-refractivity contribution in [1.82, 2.24) is 10.2 Å². The highest BCUT2D eigenvalue weighted by molar-refractivity contribution is 5.95. The number of ether oxygens (including phenoxy) is 8. The number of ketones is 1. The second-order valence-electron chi connectivity index (χ2n) is 14.4. The van der Waals surface area contributed by atoms with Crippen molar-refractivity contribution in [3.8, 4) is 5.75 Å². The van der Waals surface area contributed by atoms with Crippen LogP contribution in [0.25, 0.3) is 0 Å². The van der Waals surface area contributed by atoms with Crippen LogP contribution in [-0.4, -0.2) is 118 Å². The predicted octanol–water partition coefficient (Wildman–Crippen LogP) is 5.81. The Morgan fingerprint density at radius 1 is 0.679 bits per heavy atom. The van der Waals surface area contributed by atoms with Crippen LogP contribution in [0.4, 0.5) is 15.3 Å². The van der Waals surface area contributed by atoms with E-state index < -0.39 is 35.3 Å². The second kappa shape index (κ2) is 24.6. The lowest BCUT2D eigenvalue weighted by molar-refractivity contribution is -0.156. The maximum Gasteiger partial charge on any atom is 0.413 e. The number of rotatable bonds is 22. The maximum absolute atomic E-state index is 13.0. The van der Waals surface area contributed by atoms with Gasteiger partial charge in [0.25, 0.3) is 0 Å². The fraction of sp³-hybridized carbons (Fsp3) is 0.550. The molecule has 0 bridgehead atoms. The average Bonchev–Trinajstić information content (AvgIpc) is 3.09. The Kier molecular flexibility index (Phi) is 20.7. The third-order valence-corrected chi connectivity index (χ3v) is 6.80. The molecule has 0 heterocycles. The molecule has 0 atom stereocenters. The van der Waals surface area contributed by atoms with Gasteiger partial charge in [-0.3, -0.25) is 19.8 Å². The van der Waals surface area contributed by atoms with E-state index in [0.717, 1.165) is 0 Å². The summed E-state index contributed by atoms with van der Waals surface area (Å²) in [6.07, 6.45) is -0.973. The summed E-state index contributed by atoms with van der Waals surface area (Å²) in [7, 11) is 0. The molecule has 2 amide bonds. The number of aliphatic imine (C=N–C) groups is 1. The molecular weight excluding hydrogens is 730 g/mol. The number of carbonyl (C=O) groups excluding carboxylic acids is 5. The summed E-state index contributed by atoms with van der Waals surface area (Å²) < 4.78 is 43.3. The van der Waals surface area contributed by atoms with Gasteiger partial charge in [0.2, 0.25) is 0 Å². The van der Waals surface area contributed by atoms with E-state index in [9.17, 15) is 24.0 Å². The zero-order chi connectivity index (χ0) is 41.6. The van der Waals surface area contributed by atoms with Crippen molar-refractivity contribution in [2.24, 2.45) is 4.99 Å². The Balaban J connectivity index is 1.80. The van der Waals surface area contributed by atoms with Crippen molar-refractivity contribution in [1.29, 1.82) is 0 Å². The monoisotopic (exact) mass is 787 g/mol. The Bertz CT molecular complexity index is 1560. The van der Waals surface area contributed by atoms with Gasteiger partial charge in [-0.25, -0.2) is 19.4 Å². The molecule has 0 saturated heterocycles. The minimum Gasteiger partial charge on any atom is -0.459 e. The number of hydrogen-bond donors (Lipinski definition) is 1. The van der Waals surface area contributed by atoms with Gasteiger partial charge in [0.05, 0.1) is 64.1 Å². The van der Waals surface area contributed by atoms with E-state index in [0.29, 0.717) is 63.1 Å². The number of carbonyl (C=O) groups is 5. The number of alkyl carbamates (subject to hydrolysis) is 1. The van der Waals surface area contributed by atoms with E-state index in [1.807, 2.05) is 0 Å². The molecule has 0 fully saturated rings. The summed E-state index contributed by atoms with van der Waals surface area (Å²) in [4.78, 5) is 66.7. The number of Topliss-reactive ketones (excluding diaryl/α,β-unsaturated/α-hetero) is 1. The van der Waals surface area contributed by atoms with Gasteiger partial charge >= 0.3 is 24.1 Å². The Hall–Kier alpha value is -4.90. The molecule has 0 saturated carbocycles. The minimum atomic E-state index is -0.739. The molecule has 2 aromatic carbocycles. The van der Waals surface area contributed by atoms with Crippen molar-refractivity contribution in [2.45, 2.75) is 79.6 Å². The number of nitrogens with zero attached hydrogens (tertiary/aromatic N) is 2. The van der Waals surface area contributed by atoms with E-state index in [4.69, 9.17) is 37.9 Å². The molecule has 16 heteroatoms. The minimum absolute atomic E-state index is 0.0651. The highest BCUT2D eigenvalue weighted by Crippen LogP contribution is 2.18. The van der Waals surface area contributed by atoms with Crippen LogP contribution in [-0.2, 0) is 49.4 Å². The molecule has 0 aliphatic rings. The van der Waals surface area contributed by atoms with Crippen LogP contribution < -0.4 is 10.1 Å². The molecule has 0 radical (unpaired) electrons. The molecule has 0 aliphatic heterocycles. The van der Waals surface area contributed by atoms with Gasteiger partial charge in [0.1, 0.15) is 41.7 Å². The van der Waals surface area contributed by atoms with Crippen LogP contribution in [0.1, 0.15) is 77.7 Å². The smallest absolute Gasteiger partial charge is 0.413 e. The normalized spacial score (nSPS) is 11.8. The highest BCUT2D eigenvalue weighted by Gasteiger charge is 2.23. The second-order valence-corrected chi connectivity index (χ2v) is 14.4. The van der Waals surface area contributed by atoms with E-state index in [-0.39, 0.29) is 50.0 Å². The lowest BCUT2D eigenvalue weighted by Gasteiger charge is -2.24. The summed E-state index contributed by atoms with van der Waals surface area (Å²) >= 11 is 0. The third kappa shape index (κ3) is 22.5. The number of benzene rings is 2. The van der Waals surface area contributed by atoms with E-state index >= 15 is 0 Å². The topological polar surface area (TPSA) is 187 Å². The molecule has 16 nitrogen and oxygen atoms in total. The lowest BCUT2D eigenvalue weighted by atomic mass is 10.2. The number of nitrogens with one attached hydrogen (secondary N) is 1. The molecule has 0 spiro atoms. The van der Waals surface area contributed by atoms with Gasteiger partial charge in [-0.2, -0.15) is 0 Å². The van der Waals surface area contributed by atoms with Gasteiger partial charge < -0.3 is 37.9 Å². The molecule has 2 aromatic rings. The van der Waals surface area contributed by atoms with Crippen molar-refractivity contribution in [3.63, 3.8) is 0 Å². The van der Waals surface area contributed by atoms with Gasteiger partial charge in [-0.15, -0.1) is 0 Å². The molecule has 56 heavy (non-hydrogen) atoms. The van der Waals surface area contributed by atoms with Crippen LogP contribution in [0.15, 0.2) is 53.5 Å². The summed E-state index contributed by atoms with van der Waals surface area (Å²) in [5.74, 6) is -0.511. The van der Waals surface area contributed by atoms with Crippen molar-refractivity contribution in [2.75, 3.05) is 65.9 Å². The average molecular weight is 788 g/mol. The fourth-order valence-corrected chi connectivity index (χ4v) is 4.32. The first-order valence-electron chi connectivity index (χ1n) is 18.3. The number of amides is 2. The first kappa shape index (κ1) is 47.3. The maximum atomic E-state index is 13.0. The molecule has 0 aromatic heterocycles. The van der Waals surface area contributed by atoms with Crippen molar-refractivity contribution >= 4 is 41.4 Å². The summed E-state index contributed by atoms with van der Waals surface area (Å²) in [6, 6.07) is 12.8. The summed E-state index contributed by atoms with van der Waals surface area (Å²) in [5, 5.41) is 2.55. The van der Waals surface area contributed by atoms with E-state index in [2.05, 4.69) is 10.3 Å². The lowest BCUT2D eigenvalue weighted by Crippen LogP contribution is -2.41. The van der Waals surface area contributed by atoms with Crippen LogP contribution in [0.5, 0.6) is 5.75 Å². The Morgan fingerprint density at radius 3 is 1.75 bits per heavy atom. The van der Waals surface area contributed by atoms with Crippen molar-refractivity contribution < 1.29 is 61.9 Å². The summed E-state index contributed by atoms with van der Waals surface area (Å²) in [5.41, 5.74) is 0.0293. The quantitative estimate of drug-likeness (QED) is 0.0377. The largest absolute Gasteiger partial charge is 0.459 e. The standard InChI is InChI=1S/C40H57N3O13/c1-29(44)17-19-49-21-23-51-25-26-52-24-22-50-20-18-43(27-35(45)55-39(3,4)5)38(48)53-28-31-9-15-34(16-10-31)54-36(46)32-11-13-33(14-12-32)41-30(2)42-37(47)56-40(6,7)8/h9-16H,17-28H2,1-8H3,(H,41,42,47). The molecular formula is C40H57N3O13. The van der Waals surface area contributed by atoms with Gasteiger partial charge in [-0.1, -0.05) is 12.1 Å². The molecule has 2 rings (SSSR count). The Morgan fingerprint density at radius 2 is 1.21 bits per heavy atom. The molecule has 1 N–H and O–H groups in total. The SMILES string of the molecule is CC(=O)CCOCCOCCOCCOCCN(CC(=O)OC(C)(C)C)C(=O)OCc1ccc(OC(=O)c2ccc(N=C(C)NC(=O)OC(C)(C)C)cc2)cc1. The van der Waals surface area contributed by atoms with Gasteiger partial charge in [0, 0.05) is 13.0 Å². The van der Waals surface area contributed by atoms with Gasteiger partial charge in [0.15, 0.2) is 0 Å². The molecule has 0 aliphatic carbocycles. The fourth-order valence-electron chi connectivity index (χ4n) is 4.32. The summed E-state index contributed by atoms with van der Waals surface area (Å²) in [6.45, 7) is 15.8. The van der Waals surface area contributed by atoms with Crippen LogP contribution in [0.3, 0.4) is 0 Å². The van der Waals surface area contributed by atoms with Gasteiger partial charge in [-0.05, 0) is 97.4 Å². The zero-order valence-electron chi connectivity index (χ0n) is 33.8. The van der Waals surface area contributed by atoms with Crippen molar-refractivity contribution in [3.05, 3.63) is 59.7 Å². The van der Waals surface area contributed by atoms with Crippen LogP contribution >= 0.6 is 0 Å². The number of amidine groups is 1. The zero-order valence-corrected chi connectivity index (χ0v) is 33.8.